The van der Waals surface area contributed by atoms with Crippen LogP contribution in [-0.2, 0) is 14.8 Å². The lowest BCUT2D eigenvalue weighted by Gasteiger charge is -2.26. The number of methoxy groups -OCH3 is 1. The lowest BCUT2D eigenvalue weighted by atomic mass is 9.93. The fraction of sp³-hybridized carbons (Fsp3) is 0.296. The van der Waals surface area contributed by atoms with Crippen LogP contribution >= 0.6 is 11.6 Å². The number of hydrogen-bond acceptors (Lipinski definition) is 4. The Morgan fingerprint density at radius 1 is 1.00 bits per heavy atom. The first-order valence-corrected chi connectivity index (χ1v) is 13.2. The fourth-order valence-electron chi connectivity index (χ4n) is 3.98. The largest absolute Gasteiger partial charge is 0.496 e. The van der Waals surface area contributed by atoms with E-state index in [4.69, 9.17) is 16.3 Å². The van der Waals surface area contributed by atoms with Gasteiger partial charge in [0.2, 0.25) is 5.91 Å². The second-order valence-corrected chi connectivity index (χ2v) is 10.9. The quantitative estimate of drug-likeness (QED) is 0.388. The van der Waals surface area contributed by atoms with Crippen LogP contribution in [0.3, 0.4) is 0 Å². The summed E-state index contributed by atoms with van der Waals surface area (Å²) in [4.78, 5) is 13.2. The van der Waals surface area contributed by atoms with Crippen LogP contribution in [0.5, 0.6) is 5.75 Å². The molecule has 8 heteroatoms. The molecule has 6 nitrogen and oxygen atoms in total. The Kier molecular flexibility index (Phi) is 8.46. The molecule has 0 heterocycles. The Labute approximate surface area is 212 Å². The number of amides is 1. The minimum absolute atomic E-state index is 0.0772. The van der Waals surface area contributed by atoms with Gasteiger partial charge in [-0.05, 0) is 72.9 Å². The first-order chi connectivity index (χ1) is 16.6. The molecule has 1 amide bonds. The molecule has 1 atom stereocenters. The maximum absolute atomic E-state index is 13.5. The molecule has 1 N–H and O–H groups in total. The van der Waals surface area contributed by atoms with Crippen molar-refractivity contribution in [3.8, 4) is 5.75 Å². The summed E-state index contributed by atoms with van der Waals surface area (Å²) < 4.78 is 33.6. The molecule has 35 heavy (non-hydrogen) atoms. The van der Waals surface area contributed by atoms with E-state index in [0.717, 1.165) is 26.7 Å². The van der Waals surface area contributed by atoms with Gasteiger partial charge < -0.3 is 10.1 Å². The Bertz CT molecular complexity index is 1290. The number of carbonyl (C=O) groups is 1. The second kappa shape index (κ2) is 11.1. The van der Waals surface area contributed by atoms with Gasteiger partial charge in [-0.25, -0.2) is 8.42 Å². The Morgan fingerprint density at radius 2 is 1.63 bits per heavy atom. The molecule has 0 unspecified atom stereocenters. The summed E-state index contributed by atoms with van der Waals surface area (Å²) in [6.45, 7) is 7.58. The van der Waals surface area contributed by atoms with E-state index in [1.165, 1.54) is 12.1 Å². The third-order valence-corrected chi connectivity index (χ3v) is 7.92. The smallest absolute Gasteiger partial charge is 0.264 e. The van der Waals surface area contributed by atoms with E-state index in [9.17, 15) is 13.2 Å². The highest BCUT2D eigenvalue weighted by atomic mass is 35.5. The molecule has 0 spiro atoms. The monoisotopic (exact) mass is 514 g/mol. The maximum Gasteiger partial charge on any atom is 0.264 e. The fourth-order valence-corrected chi connectivity index (χ4v) is 5.73. The van der Waals surface area contributed by atoms with Gasteiger partial charge in [0.05, 0.1) is 28.8 Å². The van der Waals surface area contributed by atoms with Gasteiger partial charge in [0, 0.05) is 0 Å². The first-order valence-electron chi connectivity index (χ1n) is 11.4. The highest BCUT2D eigenvalue weighted by Gasteiger charge is 2.29. The minimum Gasteiger partial charge on any atom is -0.496 e. The van der Waals surface area contributed by atoms with Crippen LogP contribution in [0.25, 0.3) is 0 Å². The molecular weight excluding hydrogens is 484 g/mol. The third kappa shape index (κ3) is 5.97. The van der Waals surface area contributed by atoms with Crippen molar-refractivity contribution in [3.63, 3.8) is 0 Å². The molecule has 3 rings (SSSR count). The van der Waals surface area contributed by atoms with Crippen molar-refractivity contribution in [2.24, 2.45) is 0 Å². The minimum atomic E-state index is -4.04. The number of anilines is 1. The average molecular weight is 515 g/mol. The molecule has 186 valence electrons. The summed E-state index contributed by atoms with van der Waals surface area (Å²) in [6.07, 6.45) is 0. The highest BCUT2D eigenvalue weighted by Crippen LogP contribution is 2.33. The van der Waals surface area contributed by atoms with Crippen LogP contribution in [0.4, 0.5) is 5.69 Å². The number of aryl methyl sites for hydroxylation is 1. The van der Waals surface area contributed by atoms with Gasteiger partial charge in [-0.2, -0.15) is 0 Å². The number of nitrogens with one attached hydrogen (secondary N) is 1. The van der Waals surface area contributed by atoms with Crippen molar-refractivity contribution in [1.29, 1.82) is 0 Å². The average Bonchev–Trinajstić information content (AvgIpc) is 2.83. The number of ether oxygens (including phenoxy) is 1. The number of nitrogens with zero attached hydrogens (tertiary/aromatic N) is 1. The van der Waals surface area contributed by atoms with Crippen molar-refractivity contribution >= 4 is 33.2 Å². The van der Waals surface area contributed by atoms with Crippen LogP contribution in [0.15, 0.2) is 71.6 Å². The molecular formula is C27H31ClN2O4S. The Morgan fingerprint density at radius 3 is 2.23 bits per heavy atom. The zero-order valence-electron chi connectivity index (χ0n) is 20.6. The van der Waals surface area contributed by atoms with Gasteiger partial charge in [0.25, 0.3) is 10.0 Å². The van der Waals surface area contributed by atoms with Crippen LogP contribution < -0.4 is 14.4 Å². The number of sulfonamides is 1. The lowest BCUT2D eigenvalue weighted by Crippen LogP contribution is -2.41. The van der Waals surface area contributed by atoms with Gasteiger partial charge in [-0.3, -0.25) is 9.10 Å². The molecule has 3 aromatic rings. The summed E-state index contributed by atoms with van der Waals surface area (Å²) in [7, 11) is -2.39. The van der Waals surface area contributed by atoms with Crippen molar-refractivity contribution in [3.05, 3.63) is 88.4 Å². The molecule has 0 bridgehead atoms. The zero-order chi connectivity index (χ0) is 25.8. The number of para-hydroxylation sites is 1. The highest BCUT2D eigenvalue weighted by molar-refractivity contribution is 7.92. The van der Waals surface area contributed by atoms with Gasteiger partial charge in [0.15, 0.2) is 0 Å². The molecule has 0 aliphatic rings. The van der Waals surface area contributed by atoms with E-state index in [1.807, 2.05) is 26.0 Å². The molecule has 0 saturated heterocycles. The first kappa shape index (κ1) is 26.6. The standard InChI is InChI=1S/C27H31ClN2O4S/c1-18(2)22-16-23(19(3)15-26(22)34-5)20(4)29-27(31)17-30(25-14-10-9-13-24(25)28)35(32,33)21-11-7-6-8-12-21/h6-16,18,20H,17H2,1-5H3,(H,29,31)/t20-/m1/s1. The zero-order valence-corrected chi connectivity index (χ0v) is 22.2. The van der Waals surface area contributed by atoms with Crippen LogP contribution in [-0.4, -0.2) is 28.0 Å². The van der Waals surface area contributed by atoms with Gasteiger partial charge in [0.1, 0.15) is 12.3 Å². The van der Waals surface area contributed by atoms with Crippen molar-refractivity contribution in [2.45, 2.75) is 44.6 Å². The predicted octanol–water partition coefficient (Wildman–Crippen LogP) is 5.85. The molecule has 3 aromatic carbocycles. The maximum atomic E-state index is 13.5. The van der Waals surface area contributed by atoms with E-state index in [-0.39, 0.29) is 27.6 Å². The second-order valence-electron chi connectivity index (χ2n) is 8.67. The summed E-state index contributed by atoms with van der Waals surface area (Å²) in [5.41, 5.74) is 3.19. The summed E-state index contributed by atoms with van der Waals surface area (Å²) in [5, 5.41) is 3.19. The van der Waals surface area contributed by atoms with Crippen LogP contribution in [0.2, 0.25) is 5.02 Å². The van der Waals surface area contributed by atoms with Gasteiger partial charge in [-0.15, -0.1) is 0 Å². The number of benzene rings is 3. The molecule has 0 aliphatic heterocycles. The Hall–Kier alpha value is -3.03. The van der Waals surface area contributed by atoms with E-state index < -0.39 is 22.5 Å². The van der Waals surface area contributed by atoms with Crippen molar-refractivity contribution in [1.82, 2.24) is 5.32 Å². The van der Waals surface area contributed by atoms with Gasteiger partial charge >= 0.3 is 0 Å². The molecule has 0 fully saturated rings. The van der Waals surface area contributed by atoms with Crippen molar-refractivity contribution < 1.29 is 17.9 Å². The molecule has 0 aromatic heterocycles. The number of halogens is 1. The van der Waals surface area contributed by atoms with Crippen LogP contribution in [0, 0.1) is 6.92 Å². The van der Waals surface area contributed by atoms with E-state index in [0.29, 0.717) is 0 Å². The number of rotatable bonds is 9. The molecule has 0 saturated carbocycles. The van der Waals surface area contributed by atoms with Gasteiger partial charge in [-0.1, -0.05) is 55.8 Å². The van der Waals surface area contributed by atoms with E-state index >= 15 is 0 Å². The summed E-state index contributed by atoms with van der Waals surface area (Å²) in [5.74, 6) is 0.593. The molecule has 0 aliphatic carbocycles. The van der Waals surface area contributed by atoms with E-state index in [1.54, 1.807) is 49.6 Å². The third-order valence-electron chi connectivity index (χ3n) is 5.82. The molecule has 0 radical (unpaired) electrons. The SMILES string of the molecule is COc1cc(C)c([C@@H](C)NC(=O)CN(c2ccccc2Cl)S(=O)(=O)c2ccccc2)cc1C(C)C. The predicted molar refractivity (Wildman–Crippen MR) is 141 cm³/mol. The topological polar surface area (TPSA) is 75.7 Å². The Balaban J connectivity index is 1.92. The number of carbonyl (C=O) groups excluding carboxylic acids is 1. The normalized spacial score (nSPS) is 12.3. The van der Waals surface area contributed by atoms with Crippen LogP contribution in [0.1, 0.15) is 49.4 Å². The summed E-state index contributed by atoms with van der Waals surface area (Å²) in [6, 6.07) is 18.2. The van der Waals surface area contributed by atoms with E-state index in [2.05, 4.69) is 19.2 Å². The summed E-state index contributed by atoms with van der Waals surface area (Å²) >= 11 is 6.34. The van der Waals surface area contributed by atoms with Crippen molar-refractivity contribution in [2.75, 3.05) is 18.0 Å². The lowest BCUT2D eigenvalue weighted by molar-refractivity contribution is -0.120. The number of hydrogen-bond donors (Lipinski definition) is 1.